The van der Waals surface area contributed by atoms with E-state index in [2.05, 4.69) is 92.0 Å². The molecule has 0 spiro atoms. The van der Waals surface area contributed by atoms with Crippen molar-refractivity contribution in [2.24, 2.45) is 5.73 Å². The lowest BCUT2D eigenvalue weighted by Gasteiger charge is -2.19. The van der Waals surface area contributed by atoms with Crippen LogP contribution in [0.15, 0.2) is 97.2 Å². The van der Waals surface area contributed by atoms with E-state index in [1.807, 2.05) is 12.2 Å². The lowest BCUT2D eigenvalue weighted by Crippen LogP contribution is -2.29. The van der Waals surface area contributed by atoms with E-state index in [0.29, 0.717) is 25.7 Å². The summed E-state index contributed by atoms with van der Waals surface area (Å²) >= 11 is 0. The highest BCUT2D eigenvalue weighted by Gasteiger charge is 2.25. The Balaban J connectivity index is 4.39. The van der Waals surface area contributed by atoms with Crippen molar-refractivity contribution in [3.05, 3.63) is 97.2 Å². The maximum atomic E-state index is 12.5. The number of allylic oxidation sites excluding steroid dienone is 16. The lowest BCUT2D eigenvalue weighted by molar-refractivity contribution is -0.161. The first kappa shape index (κ1) is 52.9. The minimum absolute atomic E-state index is 0.0278. The van der Waals surface area contributed by atoms with Crippen molar-refractivity contribution in [2.45, 2.75) is 141 Å². The van der Waals surface area contributed by atoms with Crippen molar-refractivity contribution >= 4 is 19.8 Å². The Morgan fingerprint density at radius 2 is 1.00 bits per heavy atom. The molecule has 318 valence electrons. The fourth-order valence-corrected chi connectivity index (χ4v) is 5.66. The van der Waals surface area contributed by atoms with E-state index in [1.165, 1.54) is 19.3 Å². The Labute approximate surface area is 339 Å². The lowest BCUT2D eigenvalue weighted by atomic mass is 10.2. The molecule has 0 aromatic carbocycles. The maximum Gasteiger partial charge on any atom is 0.472 e. The fourth-order valence-electron chi connectivity index (χ4n) is 4.89. The molecule has 1 unspecified atom stereocenters. The predicted molar refractivity (Wildman–Crippen MR) is 230 cm³/mol. The molecule has 0 saturated heterocycles. The third kappa shape index (κ3) is 40.6. The minimum Gasteiger partial charge on any atom is -0.462 e. The molecule has 4 N–H and O–H groups in total. The molecule has 11 heteroatoms. The van der Waals surface area contributed by atoms with Gasteiger partial charge in [0.2, 0.25) is 0 Å². The normalized spacial score (nSPS) is 14.3. The number of rotatable bonds is 38. The zero-order valence-corrected chi connectivity index (χ0v) is 35.2. The highest BCUT2D eigenvalue weighted by atomic mass is 31.2. The van der Waals surface area contributed by atoms with Crippen molar-refractivity contribution in [1.29, 1.82) is 0 Å². The molecule has 0 aliphatic rings. The van der Waals surface area contributed by atoms with Gasteiger partial charge in [0, 0.05) is 26.0 Å². The topological polar surface area (TPSA) is 155 Å². The number of phosphoric ester groups is 1. The molecule has 0 aliphatic heterocycles. The maximum absolute atomic E-state index is 12.5. The van der Waals surface area contributed by atoms with Gasteiger partial charge >= 0.3 is 19.8 Å². The molecule has 0 aliphatic carbocycles. The Morgan fingerprint density at radius 1 is 0.571 bits per heavy atom. The third-order valence-electron chi connectivity index (χ3n) is 8.00. The van der Waals surface area contributed by atoms with Gasteiger partial charge in [-0.3, -0.25) is 18.6 Å². The van der Waals surface area contributed by atoms with Gasteiger partial charge in [0.25, 0.3) is 0 Å². The number of carbonyl (C=O) groups excluding carboxylic acids is 2. The first-order chi connectivity index (χ1) is 27.3. The zero-order valence-electron chi connectivity index (χ0n) is 34.3. The number of ether oxygens (including phenoxy) is 2. The second-order valence-corrected chi connectivity index (χ2v) is 14.7. The van der Waals surface area contributed by atoms with Crippen LogP contribution in [0.25, 0.3) is 0 Å². The summed E-state index contributed by atoms with van der Waals surface area (Å²) in [5.74, 6) is -0.986. The number of aliphatic hydroxyl groups excluding tert-OH is 1. The van der Waals surface area contributed by atoms with Crippen molar-refractivity contribution < 1.29 is 42.7 Å². The Morgan fingerprint density at radius 3 is 1.45 bits per heavy atom. The summed E-state index contributed by atoms with van der Waals surface area (Å²) in [5, 5.41) is 8.78. The van der Waals surface area contributed by atoms with Gasteiger partial charge in [-0.25, -0.2) is 4.57 Å². The molecule has 0 radical (unpaired) electrons. The van der Waals surface area contributed by atoms with Gasteiger partial charge in [-0.2, -0.15) is 0 Å². The molecule has 0 aromatic heterocycles. The predicted octanol–water partition coefficient (Wildman–Crippen LogP) is 10.8. The van der Waals surface area contributed by atoms with E-state index in [1.54, 1.807) is 0 Å². The van der Waals surface area contributed by atoms with Crippen molar-refractivity contribution in [3.8, 4) is 0 Å². The number of unbranched alkanes of at least 4 members (excludes halogenated alkanes) is 8. The number of carbonyl (C=O) groups is 2. The Bertz CT molecular complexity index is 1240. The van der Waals surface area contributed by atoms with Gasteiger partial charge in [-0.15, -0.1) is 0 Å². The number of esters is 2. The van der Waals surface area contributed by atoms with E-state index < -0.39 is 32.5 Å². The number of hydrogen-bond donors (Lipinski definition) is 3. The molecule has 56 heavy (non-hydrogen) atoms. The van der Waals surface area contributed by atoms with Crippen molar-refractivity contribution in [3.63, 3.8) is 0 Å². The van der Waals surface area contributed by atoms with Crippen LogP contribution in [0.5, 0.6) is 0 Å². The summed E-state index contributed by atoms with van der Waals surface area (Å²) in [6.07, 6.45) is 50.3. The quantitative estimate of drug-likeness (QED) is 0.0238. The van der Waals surface area contributed by atoms with Crippen LogP contribution in [0.1, 0.15) is 135 Å². The molecule has 10 nitrogen and oxygen atoms in total. The molecular weight excluding hydrogens is 729 g/mol. The minimum atomic E-state index is -4.42. The molecule has 0 aromatic rings. The molecule has 0 heterocycles. The molecule has 0 bridgehead atoms. The fraction of sp³-hybridized carbons (Fsp3) is 0.600. The van der Waals surface area contributed by atoms with E-state index >= 15 is 0 Å². The molecule has 0 saturated carbocycles. The molecule has 0 amide bonds. The summed E-state index contributed by atoms with van der Waals surface area (Å²) in [7, 11) is -4.42. The SMILES string of the molecule is CCCCC/C=C\C/C=C\C/C=C\C/C=C\CCCC(=O)O[C@H](COC(=O)CCC/C=C\C/C=C\C/C=C\C/C=C\CCCCCO)COP(=O)(O)OCCN. The standard InChI is InChI=1S/C45H74NO9P/c1-2-3-4-5-6-7-8-9-10-12-16-19-22-25-28-31-34-37-45(49)55-43(42-54-56(50,51)53-40-38-46)41-52-44(48)36-33-30-27-24-21-18-15-13-11-14-17-20-23-26-29-32-35-39-47/h6-7,9-11,14-16,18-20,23-25,27-28,43,47H,2-5,8,12-13,17,21-22,26,29-42,46H2,1H3,(H,50,51)/b7-6-,10-9-,14-11-,18-15-,19-16-,23-20-,27-24-,28-25-/t43-/m1/s1. The van der Waals surface area contributed by atoms with Gasteiger partial charge in [0.1, 0.15) is 6.61 Å². The summed E-state index contributed by atoms with van der Waals surface area (Å²) in [6, 6.07) is 0. The van der Waals surface area contributed by atoms with Crippen LogP contribution in [0, 0.1) is 0 Å². The average molecular weight is 804 g/mol. The summed E-state index contributed by atoms with van der Waals surface area (Å²) in [4.78, 5) is 34.8. The third-order valence-corrected chi connectivity index (χ3v) is 8.98. The number of hydrogen-bond acceptors (Lipinski definition) is 9. The molecular formula is C45H74NO9P. The van der Waals surface area contributed by atoms with Gasteiger partial charge in [-0.05, 0) is 96.3 Å². The Hall–Kier alpha value is -3.11. The second-order valence-electron chi connectivity index (χ2n) is 13.2. The van der Waals surface area contributed by atoms with Crippen LogP contribution in [-0.2, 0) is 32.7 Å². The van der Waals surface area contributed by atoms with E-state index in [4.69, 9.17) is 29.4 Å². The first-order valence-electron chi connectivity index (χ1n) is 20.8. The van der Waals surface area contributed by atoms with Crippen LogP contribution in [0.4, 0.5) is 0 Å². The monoisotopic (exact) mass is 804 g/mol. The number of aliphatic hydroxyl groups is 1. The first-order valence-corrected chi connectivity index (χ1v) is 22.3. The largest absolute Gasteiger partial charge is 0.472 e. The van der Waals surface area contributed by atoms with E-state index in [9.17, 15) is 19.0 Å². The number of nitrogens with two attached hydrogens (primary N) is 1. The smallest absolute Gasteiger partial charge is 0.462 e. The number of phosphoric acid groups is 1. The van der Waals surface area contributed by atoms with Crippen LogP contribution in [-0.4, -0.2) is 61.0 Å². The Kier molecular flexibility index (Phi) is 39.2. The van der Waals surface area contributed by atoms with Crippen molar-refractivity contribution in [2.75, 3.05) is 33.0 Å². The highest BCUT2D eigenvalue weighted by molar-refractivity contribution is 7.47. The van der Waals surface area contributed by atoms with Crippen molar-refractivity contribution in [1.82, 2.24) is 0 Å². The van der Waals surface area contributed by atoms with Crippen LogP contribution in [0.3, 0.4) is 0 Å². The highest BCUT2D eigenvalue weighted by Crippen LogP contribution is 2.43. The van der Waals surface area contributed by atoms with Gasteiger partial charge in [0.15, 0.2) is 6.10 Å². The van der Waals surface area contributed by atoms with Gasteiger partial charge < -0.3 is 25.2 Å². The zero-order chi connectivity index (χ0) is 41.1. The molecule has 0 fully saturated rings. The summed E-state index contributed by atoms with van der Waals surface area (Å²) < 4.78 is 32.6. The van der Waals surface area contributed by atoms with Crippen LogP contribution in [0.2, 0.25) is 0 Å². The molecule has 0 rings (SSSR count). The second kappa shape index (κ2) is 41.5. The average Bonchev–Trinajstić information content (AvgIpc) is 3.18. The van der Waals surface area contributed by atoms with Gasteiger partial charge in [-0.1, -0.05) is 123 Å². The summed E-state index contributed by atoms with van der Waals surface area (Å²) in [6.45, 7) is 1.55. The van der Waals surface area contributed by atoms with E-state index in [-0.39, 0.29) is 39.2 Å². The summed E-state index contributed by atoms with van der Waals surface area (Å²) in [5.41, 5.74) is 5.33. The van der Waals surface area contributed by atoms with E-state index in [0.717, 1.165) is 70.6 Å². The molecule has 2 atom stereocenters. The van der Waals surface area contributed by atoms with Gasteiger partial charge in [0.05, 0.1) is 13.2 Å². The van der Waals surface area contributed by atoms with Crippen LogP contribution < -0.4 is 5.73 Å². The van der Waals surface area contributed by atoms with Crippen LogP contribution >= 0.6 is 7.82 Å².